The fraction of sp³-hybridized carbons (Fsp3) is 0.478. The third-order valence-corrected chi connectivity index (χ3v) is 6.88. The smallest absolute Gasteiger partial charge is 0.115 e. The quantitative estimate of drug-likeness (QED) is 0.806. The summed E-state index contributed by atoms with van der Waals surface area (Å²) in [4.78, 5) is 2.53. The van der Waals surface area contributed by atoms with Gasteiger partial charge in [0.15, 0.2) is 0 Å². The summed E-state index contributed by atoms with van der Waals surface area (Å²) in [5.41, 5.74) is 2.17. The standard InChI is InChI=1S/C23H27NO3/c1-15(21(26)16-7-11-20(25)12-8-16)24-18-9-10-19(24)14-23(13-18)22(27-23)17-5-3-2-4-6-17/h2-8,11-12,15,18-19,21-22,25-26H,9-10,13-14H2,1H3/t15-,18?,19?,21-,22?,23?/m1/s1. The number of benzene rings is 2. The second-order valence-electron chi connectivity index (χ2n) is 8.49. The minimum absolute atomic E-state index is 0.00684. The first-order chi connectivity index (χ1) is 13.1. The lowest BCUT2D eigenvalue weighted by atomic mass is 9.84. The van der Waals surface area contributed by atoms with Gasteiger partial charge in [-0.1, -0.05) is 42.5 Å². The van der Waals surface area contributed by atoms with Gasteiger partial charge in [-0.15, -0.1) is 0 Å². The number of ether oxygens (including phenoxy) is 1. The number of rotatable bonds is 4. The van der Waals surface area contributed by atoms with Gasteiger partial charge in [0.2, 0.25) is 0 Å². The predicted octanol–water partition coefficient (Wildman–Crippen LogP) is 3.95. The highest BCUT2D eigenvalue weighted by Crippen LogP contribution is 2.61. The second-order valence-corrected chi connectivity index (χ2v) is 8.49. The van der Waals surface area contributed by atoms with Crippen LogP contribution in [-0.4, -0.2) is 38.8 Å². The average molecular weight is 365 g/mol. The van der Waals surface area contributed by atoms with E-state index in [9.17, 15) is 10.2 Å². The van der Waals surface area contributed by atoms with Crippen molar-refractivity contribution >= 4 is 0 Å². The Kier molecular flexibility index (Phi) is 4.04. The zero-order valence-corrected chi connectivity index (χ0v) is 15.7. The Morgan fingerprint density at radius 1 is 1.00 bits per heavy atom. The molecule has 4 nitrogen and oxygen atoms in total. The van der Waals surface area contributed by atoms with Gasteiger partial charge in [0.05, 0.1) is 6.10 Å². The van der Waals surface area contributed by atoms with Crippen molar-refractivity contribution in [3.63, 3.8) is 0 Å². The monoisotopic (exact) mass is 365 g/mol. The minimum Gasteiger partial charge on any atom is -0.508 e. The third kappa shape index (κ3) is 2.87. The molecular formula is C23H27NO3. The van der Waals surface area contributed by atoms with Crippen LogP contribution in [0.1, 0.15) is 55.9 Å². The summed E-state index contributed by atoms with van der Waals surface area (Å²) in [7, 11) is 0. The number of nitrogens with zero attached hydrogens (tertiary/aromatic N) is 1. The summed E-state index contributed by atoms with van der Waals surface area (Å²) in [5.74, 6) is 0.233. The van der Waals surface area contributed by atoms with Crippen molar-refractivity contribution in [3.05, 3.63) is 65.7 Å². The largest absolute Gasteiger partial charge is 0.508 e. The van der Waals surface area contributed by atoms with E-state index in [1.54, 1.807) is 12.1 Å². The number of aromatic hydroxyl groups is 1. The lowest BCUT2D eigenvalue weighted by Crippen LogP contribution is -2.52. The van der Waals surface area contributed by atoms with E-state index >= 15 is 0 Å². The first-order valence-corrected chi connectivity index (χ1v) is 10.0. The lowest BCUT2D eigenvalue weighted by Gasteiger charge is -2.43. The summed E-state index contributed by atoms with van der Waals surface area (Å²) >= 11 is 0. The van der Waals surface area contributed by atoms with E-state index in [0.29, 0.717) is 12.1 Å². The first kappa shape index (κ1) is 17.2. The summed E-state index contributed by atoms with van der Waals surface area (Å²) in [6.45, 7) is 2.13. The van der Waals surface area contributed by atoms with Crippen molar-refractivity contribution in [2.75, 3.05) is 0 Å². The molecule has 3 heterocycles. The zero-order valence-electron chi connectivity index (χ0n) is 15.7. The van der Waals surface area contributed by atoms with Crippen LogP contribution in [0.3, 0.4) is 0 Å². The maximum absolute atomic E-state index is 10.9. The molecule has 0 saturated carbocycles. The molecule has 3 unspecified atom stereocenters. The molecule has 142 valence electrons. The molecule has 1 spiro atoms. The summed E-state index contributed by atoms with van der Waals surface area (Å²) in [6.07, 6.45) is 4.16. The van der Waals surface area contributed by atoms with Crippen LogP contribution < -0.4 is 0 Å². The highest BCUT2D eigenvalue weighted by molar-refractivity contribution is 5.30. The molecule has 2 aromatic carbocycles. The van der Waals surface area contributed by atoms with Crippen LogP contribution in [0.2, 0.25) is 0 Å². The molecule has 3 saturated heterocycles. The summed E-state index contributed by atoms with van der Waals surface area (Å²) in [6, 6.07) is 18.5. The Bertz CT molecular complexity index is 792. The molecule has 2 N–H and O–H groups in total. The van der Waals surface area contributed by atoms with E-state index in [1.165, 1.54) is 18.4 Å². The highest BCUT2D eigenvalue weighted by atomic mass is 16.6. The number of piperidine rings is 1. The highest BCUT2D eigenvalue weighted by Gasteiger charge is 2.64. The number of hydrogen-bond donors (Lipinski definition) is 2. The molecule has 27 heavy (non-hydrogen) atoms. The maximum Gasteiger partial charge on any atom is 0.115 e. The van der Waals surface area contributed by atoms with Crippen molar-refractivity contribution in [3.8, 4) is 5.75 Å². The molecular weight excluding hydrogens is 338 g/mol. The summed E-state index contributed by atoms with van der Waals surface area (Å²) in [5, 5.41) is 20.4. The number of hydrogen-bond acceptors (Lipinski definition) is 4. The number of epoxide rings is 1. The van der Waals surface area contributed by atoms with Crippen LogP contribution in [0.5, 0.6) is 5.75 Å². The molecule has 2 aromatic rings. The number of aliphatic hydroxyl groups is 1. The molecule has 2 bridgehead atoms. The van der Waals surface area contributed by atoms with E-state index in [1.807, 2.05) is 12.1 Å². The molecule has 3 aliphatic rings. The Morgan fingerprint density at radius 3 is 2.26 bits per heavy atom. The van der Waals surface area contributed by atoms with E-state index in [4.69, 9.17) is 4.74 Å². The van der Waals surface area contributed by atoms with Crippen LogP contribution in [0.25, 0.3) is 0 Å². The Labute approximate surface area is 160 Å². The SMILES string of the molecule is C[C@H]([C@@H](O)c1ccc(O)cc1)N1C2CCC1CC1(C2)OC1c1ccccc1. The van der Waals surface area contributed by atoms with Gasteiger partial charge in [-0.2, -0.15) is 0 Å². The van der Waals surface area contributed by atoms with Crippen LogP contribution in [-0.2, 0) is 4.74 Å². The van der Waals surface area contributed by atoms with E-state index in [2.05, 4.69) is 42.2 Å². The van der Waals surface area contributed by atoms with Gasteiger partial charge in [0.25, 0.3) is 0 Å². The van der Waals surface area contributed by atoms with Gasteiger partial charge in [-0.05, 0) is 55.9 Å². The molecule has 3 fully saturated rings. The molecule has 0 amide bonds. The second kappa shape index (κ2) is 6.33. The predicted molar refractivity (Wildman–Crippen MR) is 103 cm³/mol. The number of phenols is 1. The van der Waals surface area contributed by atoms with Crippen LogP contribution in [0.4, 0.5) is 0 Å². The molecule has 5 atom stereocenters. The number of fused-ring (bicyclic) bond motifs is 2. The van der Waals surface area contributed by atoms with Gasteiger partial charge in [0, 0.05) is 18.1 Å². The van der Waals surface area contributed by atoms with E-state index in [0.717, 1.165) is 18.4 Å². The van der Waals surface area contributed by atoms with E-state index < -0.39 is 6.10 Å². The van der Waals surface area contributed by atoms with Gasteiger partial charge < -0.3 is 14.9 Å². The fourth-order valence-corrected chi connectivity index (χ4v) is 5.57. The Balaban J connectivity index is 1.32. The van der Waals surface area contributed by atoms with Crippen LogP contribution >= 0.6 is 0 Å². The van der Waals surface area contributed by atoms with Gasteiger partial charge in [-0.3, -0.25) is 4.90 Å². The van der Waals surface area contributed by atoms with Gasteiger partial charge in [0.1, 0.15) is 17.5 Å². The number of phenolic OH excluding ortho intramolecular Hbond substituents is 1. The normalized spacial score (nSPS) is 34.5. The van der Waals surface area contributed by atoms with Crippen LogP contribution in [0.15, 0.2) is 54.6 Å². The minimum atomic E-state index is -0.548. The molecule has 0 aliphatic carbocycles. The van der Waals surface area contributed by atoms with Crippen molar-refractivity contribution < 1.29 is 14.9 Å². The third-order valence-electron chi connectivity index (χ3n) is 6.88. The lowest BCUT2D eigenvalue weighted by molar-refractivity contribution is -0.00988. The van der Waals surface area contributed by atoms with Crippen molar-refractivity contribution in [1.29, 1.82) is 0 Å². The molecule has 4 heteroatoms. The van der Waals surface area contributed by atoms with Crippen molar-refractivity contribution in [1.82, 2.24) is 4.90 Å². The zero-order chi connectivity index (χ0) is 18.6. The van der Waals surface area contributed by atoms with Crippen LogP contribution in [0, 0.1) is 0 Å². The molecule has 3 aliphatic heterocycles. The van der Waals surface area contributed by atoms with Gasteiger partial charge >= 0.3 is 0 Å². The first-order valence-electron chi connectivity index (χ1n) is 10.0. The van der Waals surface area contributed by atoms with Crippen molar-refractivity contribution in [2.24, 2.45) is 0 Å². The topological polar surface area (TPSA) is 56.2 Å². The van der Waals surface area contributed by atoms with Crippen molar-refractivity contribution in [2.45, 2.75) is 68.5 Å². The van der Waals surface area contributed by atoms with Gasteiger partial charge in [-0.25, -0.2) is 0 Å². The maximum atomic E-state index is 10.9. The average Bonchev–Trinajstić information content (AvgIpc) is 3.31. The number of aliphatic hydroxyl groups excluding tert-OH is 1. The Morgan fingerprint density at radius 2 is 1.63 bits per heavy atom. The summed E-state index contributed by atoms with van der Waals surface area (Å²) < 4.78 is 6.28. The molecule has 5 rings (SSSR count). The fourth-order valence-electron chi connectivity index (χ4n) is 5.57. The molecule has 0 radical (unpaired) electrons. The Hall–Kier alpha value is -1.88. The van der Waals surface area contributed by atoms with E-state index in [-0.39, 0.29) is 23.5 Å². The molecule has 0 aromatic heterocycles.